The Balaban J connectivity index is 2.40. The lowest BCUT2D eigenvalue weighted by molar-refractivity contribution is 0.0513. The lowest BCUT2D eigenvalue weighted by atomic mass is 9.82. The van der Waals surface area contributed by atoms with E-state index >= 15 is 0 Å². The molecule has 4 nitrogen and oxygen atoms in total. The number of carbonyl (C=O) groups excluding carboxylic acids is 1. The normalized spacial score (nSPS) is 19.8. The summed E-state index contributed by atoms with van der Waals surface area (Å²) in [5, 5.41) is 6.68. The van der Waals surface area contributed by atoms with Crippen LogP contribution in [0.3, 0.4) is 0 Å². The van der Waals surface area contributed by atoms with Crippen molar-refractivity contribution in [3.63, 3.8) is 0 Å². The molecular weight excluding hydrogens is 276 g/mol. The second kappa shape index (κ2) is 8.19. The van der Waals surface area contributed by atoms with Crippen molar-refractivity contribution in [3.8, 4) is 0 Å². The highest BCUT2D eigenvalue weighted by Crippen LogP contribution is 2.28. The Morgan fingerprint density at radius 3 is 2.23 bits per heavy atom. The van der Waals surface area contributed by atoms with Crippen LogP contribution in [-0.2, 0) is 4.74 Å². The van der Waals surface area contributed by atoms with E-state index in [0.717, 1.165) is 6.54 Å². The van der Waals surface area contributed by atoms with Gasteiger partial charge in [-0.1, -0.05) is 33.1 Å². The van der Waals surface area contributed by atoms with Crippen LogP contribution in [0.25, 0.3) is 0 Å². The predicted molar refractivity (Wildman–Crippen MR) is 92.1 cm³/mol. The van der Waals surface area contributed by atoms with E-state index in [-0.39, 0.29) is 11.6 Å². The molecule has 0 bridgehead atoms. The molecule has 1 amide bonds. The van der Waals surface area contributed by atoms with Crippen LogP contribution in [0.15, 0.2) is 0 Å². The largest absolute Gasteiger partial charge is 0.444 e. The van der Waals surface area contributed by atoms with E-state index in [1.165, 1.54) is 32.1 Å². The van der Waals surface area contributed by atoms with Crippen LogP contribution in [0.1, 0.15) is 73.6 Å². The van der Waals surface area contributed by atoms with Crippen molar-refractivity contribution in [1.29, 1.82) is 0 Å². The maximum absolute atomic E-state index is 11.8. The average molecular weight is 312 g/mol. The number of rotatable bonds is 6. The van der Waals surface area contributed by atoms with Crippen LogP contribution in [0, 0.1) is 11.8 Å². The van der Waals surface area contributed by atoms with Gasteiger partial charge in [-0.15, -0.1) is 0 Å². The summed E-state index contributed by atoms with van der Waals surface area (Å²) in [6, 6.07) is 0. The highest BCUT2D eigenvalue weighted by molar-refractivity contribution is 5.67. The molecule has 1 aliphatic rings. The summed E-state index contributed by atoms with van der Waals surface area (Å²) in [5.74, 6) is 0.945. The van der Waals surface area contributed by atoms with Crippen LogP contribution >= 0.6 is 0 Å². The van der Waals surface area contributed by atoms with Gasteiger partial charge in [-0.3, -0.25) is 0 Å². The molecule has 0 aromatic heterocycles. The molecule has 2 N–H and O–H groups in total. The molecule has 4 heteroatoms. The molecule has 1 saturated carbocycles. The first-order valence-electron chi connectivity index (χ1n) is 8.83. The number of carbonyl (C=O) groups is 1. The van der Waals surface area contributed by atoms with Gasteiger partial charge in [0.15, 0.2) is 0 Å². The molecule has 1 rings (SSSR count). The molecule has 130 valence electrons. The molecule has 1 fully saturated rings. The maximum atomic E-state index is 11.8. The quantitative estimate of drug-likeness (QED) is 0.776. The number of ether oxygens (including phenoxy) is 1. The number of hydrogen-bond acceptors (Lipinski definition) is 3. The van der Waals surface area contributed by atoms with Crippen molar-refractivity contribution < 1.29 is 9.53 Å². The van der Waals surface area contributed by atoms with Gasteiger partial charge in [-0.25, -0.2) is 4.79 Å². The Bertz CT molecular complexity index is 341. The zero-order chi connectivity index (χ0) is 16.8. The first-order chi connectivity index (χ1) is 10.1. The molecule has 0 aromatic rings. The van der Waals surface area contributed by atoms with Gasteiger partial charge in [-0.05, 0) is 52.4 Å². The predicted octanol–water partition coefficient (Wildman–Crippen LogP) is 4.10. The van der Waals surface area contributed by atoms with Crippen molar-refractivity contribution in [2.24, 2.45) is 11.8 Å². The third-order valence-electron chi connectivity index (χ3n) is 4.60. The number of hydrogen-bond donors (Lipinski definition) is 2. The summed E-state index contributed by atoms with van der Waals surface area (Å²) in [6.45, 7) is 14.0. The monoisotopic (exact) mass is 312 g/mol. The third kappa shape index (κ3) is 7.48. The van der Waals surface area contributed by atoms with Crippen molar-refractivity contribution in [2.45, 2.75) is 84.8 Å². The van der Waals surface area contributed by atoms with Crippen LogP contribution in [-0.4, -0.2) is 30.3 Å². The van der Waals surface area contributed by atoms with E-state index in [4.69, 9.17) is 4.74 Å². The Morgan fingerprint density at radius 1 is 1.14 bits per heavy atom. The lowest BCUT2D eigenvalue weighted by Crippen LogP contribution is -2.48. The minimum Gasteiger partial charge on any atom is -0.444 e. The maximum Gasteiger partial charge on any atom is 0.407 e. The van der Waals surface area contributed by atoms with E-state index in [1.807, 2.05) is 20.8 Å². The average Bonchev–Trinajstić information content (AvgIpc) is 2.36. The van der Waals surface area contributed by atoms with Crippen molar-refractivity contribution in [1.82, 2.24) is 10.6 Å². The highest BCUT2D eigenvalue weighted by atomic mass is 16.6. The smallest absolute Gasteiger partial charge is 0.407 e. The van der Waals surface area contributed by atoms with Crippen molar-refractivity contribution >= 4 is 6.09 Å². The summed E-state index contributed by atoms with van der Waals surface area (Å²) in [6.07, 6.45) is 6.22. The molecule has 0 heterocycles. The summed E-state index contributed by atoms with van der Waals surface area (Å²) in [4.78, 5) is 11.8. The van der Waals surface area contributed by atoms with E-state index in [0.29, 0.717) is 18.4 Å². The molecule has 0 radical (unpaired) electrons. The summed E-state index contributed by atoms with van der Waals surface area (Å²) >= 11 is 0. The Hall–Kier alpha value is -0.770. The summed E-state index contributed by atoms with van der Waals surface area (Å²) < 4.78 is 5.31. The number of amides is 1. The minimum atomic E-state index is -0.439. The molecule has 1 atom stereocenters. The fraction of sp³-hybridized carbons (Fsp3) is 0.944. The molecule has 22 heavy (non-hydrogen) atoms. The first-order valence-corrected chi connectivity index (χ1v) is 8.83. The second-order valence-electron chi connectivity index (χ2n) is 8.39. The topological polar surface area (TPSA) is 50.4 Å². The van der Waals surface area contributed by atoms with Gasteiger partial charge in [0, 0.05) is 18.6 Å². The molecule has 1 aliphatic carbocycles. The van der Waals surface area contributed by atoms with E-state index in [9.17, 15) is 4.79 Å². The van der Waals surface area contributed by atoms with E-state index < -0.39 is 5.60 Å². The zero-order valence-corrected chi connectivity index (χ0v) is 15.4. The zero-order valence-electron chi connectivity index (χ0n) is 15.4. The fourth-order valence-electron chi connectivity index (χ4n) is 2.96. The Labute approximate surface area is 136 Å². The molecular formula is C18H36N2O2. The van der Waals surface area contributed by atoms with Gasteiger partial charge in [0.2, 0.25) is 0 Å². The minimum absolute atomic E-state index is 0.275. The first kappa shape index (κ1) is 19.3. The highest BCUT2D eigenvalue weighted by Gasteiger charge is 2.27. The van der Waals surface area contributed by atoms with Gasteiger partial charge in [0.1, 0.15) is 5.60 Å². The van der Waals surface area contributed by atoms with Crippen molar-refractivity contribution in [2.75, 3.05) is 13.1 Å². The van der Waals surface area contributed by atoms with Gasteiger partial charge in [0.05, 0.1) is 0 Å². The Morgan fingerprint density at radius 2 is 1.73 bits per heavy atom. The summed E-state index contributed by atoms with van der Waals surface area (Å²) in [7, 11) is 0. The van der Waals surface area contributed by atoms with Crippen molar-refractivity contribution in [3.05, 3.63) is 0 Å². The van der Waals surface area contributed by atoms with Crippen LogP contribution in [0.5, 0.6) is 0 Å². The van der Waals surface area contributed by atoms with Gasteiger partial charge in [0.25, 0.3) is 0 Å². The number of nitrogens with one attached hydrogen (secondary N) is 2. The molecule has 0 aromatic carbocycles. The number of alkyl carbamates (subject to hydrolysis) is 1. The van der Waals surface area contributed by atoms with Gasteiger partial charge >= 0.3 is 6.09 Å². The van der Waals surface area contributed by atoms with Gasteiger partial charge < -0.3 is 15.4 Å². The van der Waals surface area contributed by atoms with Crippen LogP contribution in [0.2, 0.25) is 0 Å². The van der Waals surface area contributed by atoms with Crippen LogP contribution in [0.4, 0.5) is 4.79 Å². The lowest BCUT2D eigenvalue weighted by Gasteiger charge is -2.37. The molecule has 0 spiro atoms. The SMILES string of the molecule is CC(C)C(CNC(=O)OC(C)(C)C)CNC1(C)CCCCC1. The fourth-order valence-corrected chi connectivity index (χ4v) is 2.96. The van der Waals surface area contributed by atoms with Gasteiger partial charge in [-0.2, -0.15) is 0 Å². The standard InChI is InChI=1S/C18H36N2O2/c1-14(2)15(12-19-16(21)22-17(3,4)5)13-20-18(6)10-8-7-9-11-18/h14-15,20H,7-13H2,1-6H3,(H,19,21). The Kier molecular flexibility index (Phi) is 7.17. The van der Waals surface area contributed by atoms with E-state index in [2.05, 4.69) is 31.4 Å². The molecule has 1 unspecified atom stereocenters. The summed E-state index contributed by atoms with van der Waals surface area (Å²) in [5.41, 5.74) is -0.164. The second-order valence-corrected chi connectivity index (χ2v) is 8.39. The van der Waals surface area contributed by atoms with Crippen LogP contribution < -0.4 is 10.6 Å². The van der Waals surface area contributed by atoms with E-state index in [1.54, 1.807) is 0 Å². The third-order valence-corrected chi connectivity index (χ3v) is 4.60. The molecule has 0 saturated heterocycles. The molecule has 0 aliphatic heterocycles.